The first-order valence-electron chi connectivity index (χ1n) is 8.47. The van der Waals surface area contributed by atoms with Crippen LogP contribution in [0.5, 0.6) is 0 Å². The van der Waals surface area contributed by atoms with E-state index in [0.29, 0.717) is 0 Å². The lowest BCUT2D eigenvalue weighted by Crippen LogP contribution is -2.49. The van der Waals surface area contributed by atoms with Crippen molar-refractivity contribution in [2.24, 2.45) is 0 Å². The van der Waals surface area contributed by atoms with Gasteiger partial charge < -0.3 is 19.7 Å². The number of piperidine rings is 1. The summed E-state index contributed by atoms with van der Waals surface area (Å²) in [6, 6.07) is -0.100. The number of methoxy groups -OCH3 is 1. The molecule has 1 rings (SSSR count). The number of carbonyl (C=O) groups excluding carboxylic acids is 2. The van der Waals surface area contributed by atoms with Crippen LogP contribution in [0.3, 0.4) is 0 Å². The highest BCUT2D eigenvalue weighted by molar-refractivity contribution is 5.75. The molecule has 0 spiro atoms. The largest absolute Gasteiger partial charge is 0.468 e. The van der Waals surface area contributed by atoms with Crippen molar-refractivity contribution >= 4 is 12.1 Å². The number of ether oxygens (including phenoxy) is 2. The van der Waals surface area contributed by atoms with Crippen molar-refractivity contribution in [3.63, 3.8) is 0 Å². The zero-order chi connectivity index (χ0) is 17.6. The normalized spacial score (nSPS) is 21.5. The van der Waals surface area contributed by atoms with Crippen molar-refractivity contribution in [2.75, 3.05) is 13.7 Å². The zero-order valence-electron chi connectivity index (χ0n) is 15.3. The van der Waals surface area contributed by atoms with Crippen LogP contribution in [0.2, 0.25) is 0 Å². The molecule has 6 nitrogen and oxygen atoms in total. The summed E-state index contributed by atoms with van der Waals surface area (Å²) in [6.07, 6.45) is 3.65. The molecule has 1 saturated heterocycles. The molecule has 1 fully saturated rings. The van der Waals surface area contributed by atoms with Gasteiger partial charge in [-0.3, -0.25) is 4.79 Å². The lowest BCUT2D eigenvalue weighted by atomic mass is 9.96. The van der Waals surface area contributed by atoms with Gasteiger partial charge in [0.1, 0.15) is 11.6 Å². The maximum atomic E-state index is 12.4. The monoisotopic (exact) mass is 328 g/mol. The van der Waals surface area contributed by atoms with Crippen LogP contribution in [-0.2, 0) is 14.3 Å². The van der Waals surface area contributed by atoms with Gasteiger partial charge in [0, 0.05) is 18.6 Å². The molecule has 1 N–H and O–H groups in total. The Morgan fingerprint density at radius 3 is 2.48 bits per heavy atom. The molecule has 134 valence electrons. The Kier molecular flexibility index (Phi) is 7.32. The lowest BCUT2D eigenvalue weighted by Gasteiger charge is -2.38. The van der Waals surface area contributed by atoms with Crippen LogP contribution in [0, 0.1) is 0 Å². The van der Waals surface area contributed by atoms with E-state index >= 15 is 0 Å². The molecule has 6 heteroatoms. The topological polar surface area (TPSA) is 67.9 Å². The van der Waals surface area contributed by atoms with Crippen LogP contribution in [0.1, 0.15) is 60.3 Å². The standard InChI is InChI=1S/C17H32N2O4/c1-12(18-13(2)15(20)22-6)11-14-9-7-8-10-19(14)16(21)23-17(3,4)5/h12-14,18H,7-11H2,1-6H3. The number of nitrogens with one attached hydrogen (secondary N) is 1. The van der Waals surface area contributed by atoms with Crippen LogP contribution < -0.4 is 5.32 Å². The van der Waals surface area contributed by atoms with Crippen LogP contribution >= 0.6 is 0 Å². The van der Waals surface area contributed by atoms with E-state index in [2.05, 4.69) is 5.32 Å². The number of likely N-dealkylation sites (tertiary alicyclic amines) is 1. The van der Waals surface area contributed by atoms with Crippen molar-refractivity contribution in [1.82, 2.24) is 10.2 Å². The summed E-state index contributed by atoms with van der Waals surface area (Å²) >= 11 is 0. The van der Waals surface area contributed by atoms with Crippen molar-refractivity contribution in [3.05, 3.63) is 0 Å². The van der Waals surface area contributed by atoms with E-state index in [1.165, 1.54) is 7.11 Å². The maximum absolute atomic E-state index is 12.4. The molecule has 0 radical (unpaired) electrons. The number of rotatable bonds is 5. The SMILES string of the molecule is COC(=O)C(C)NC(C)CC1CCCCN1C(=O)OC(C)(C)C. The third-order valence-electron chi connectivity index (χ3n) is 3.97. The predicted molar refractivity (Wildman–Crippen MR) is 89.3 cm³/mol. The van der Waals surface area contributed by atoms with Gasteiger partial charge >= 0.3 is 12.1 Å². The molecule has 0 aliphatic carbocycles. The van der Waals surface area contributed by atoms with Crippen LogP contribution in [0.25, 0.3) is 0 Å². The van der Waals surface area contributed by atoms with Crippen LogP contribution in [0.15, 0.2) is 0 Å². The molecular weight excluding hydrogens is 296 g/mol. The molecule has 1 heterocycles. The quantitative estimate of drug-likeness (QED) is 0.786. The molecule has 3 unspecified atom stereocenters. The second kappa shape index (κ2) is 8.52. The summed E-state index contributed by atoms with van der Waals surface area (Å²) < 4.78 is 10.2. The highest BCUT2D eigenvalue weighted by Crippen LogP contribution is 2.23. The molecule has 0 bridgehead atoms. The first kappa shape index (κ1) is 19.7. The van der Waals surface area contributed by atoms with Crippen molar-refractivity contribution in [3.8, 4) is 0 Å². The van der Waals surface area contributed by atoms with E-state index in [1.54, 1.807) is 6.92 Å². The van der Waals surface area contributed by atoms with Gasteiger partial charge in [-0.05, 0) is 60.3 Å². The van der Waals surface area contributed by atoms with E-state index in [0.717, 1.165) is 32.2 Å². The van der Waals surface area contributed by atoms with Gasteiger partial charge in [-0.15, -0.1) is 0 Å². The Hall–Kier alpha value is -1.30. The summed E-state index contributed by atoms with van der Waals surface area (Å²) in [4.78, 5) is 25.7. The number of carbonyl (C=O) groups is 2. The Labute approximate surface area is 139 Å². The zero-order valence-corrected chi connectivity index (χ0v) is 15.3. The fourth-order valence-corrected chi connectivity index (χ4v) is 2.95. The Morgan fingerprint density at radius 2 is 1.91 bits per heavy atom. The molecule has 0 aromatic carbocycles. The number of hydrogen-bond donors (Lipinski definition) is 1. The minimum atomic E-state index is -0.484. The molecule has 1 amide bonds. The van der Waals surface area contributed by atoms with Gasteiger partial charge in [0.15, 0.2) is 0 Å². The van der Waals surface area contributed by atoms with E-state index in [1.807, 2.05) is 32.6 Å². The van der Waals surface area contributed by atoms with E-state index < -0.39 is 5.60 Å². The van der Waals surface area contributed by atoms with Gasteiger partial charge in [-0.2, -0.15) is 0 Å². The van der Waals surface area contributed by atoms with Gasteiger partial charge in [0.2, 0.25) is 0 Å². The van der Waals surface area contributed by atoms with Gasteiger partial charge in [-0.1, -0.05) is 0 Å². The van der Waals surface area contributed by atoms with E-state index in [4.69, 9.17) is 9.47 Å². The second-order valence-electron chi connectivity index (χ2n) is 7.37. The fraction of sp³-hybridized carbons (Fsp3) is 0.882. The maximum Gasteiger partial charge on any atom is 0.410 e. The summed E-state index contributed by atoms with van der Waals surface area (Å²) in [5, 5.41) is 3.23. The molecule has 0 saturated carbocycles. The number of nitrogens with zero attached hydrogens (tertiary/aromatic N) is 1. The van der Waals surface area contributed by atoms with E-state index in [-0.39, 0.29) is 30.2 Å². The number of hydrogen-bond acceptors (Lipinski definition) is 5. The fourth-order valence-electron chi connectivity index (χ4n) is 2.95. The lowest BCUT2D eigenvalue weighted by molar-refractivity contribution is -0.142. The van der Waals surface area contributed by atoms with Crippen molar-refractivity contribution < 1.29 is 19.1 Å². The highest BCUT2D eigenvalue weighted by atomic mass is 16.6. The van der Waals surface area contributed by atoms with Gasteiger partial charge in [0.05, 0.1) is 7.11 Å². The summed E-state index contributed by atoms with van der Waals surface area (Å²) in [7, 11) is 1.39. The number of esters is 1. The third-order valence-corrected chi connectivity index (χ3v) is 3.97. The molecule has 23 heavy (non-hydrogen) atoms. The average molecular weight is 328 g/mol. The molecule has 0 aromatic rings. The molecule has 1 aliphatic rings. The van der Waals surface area contributed by atoms with E-state index in [9.17, 15) is 9.59 Å². The van der Waals surface area contributed by atoms with Gasteiger partial charge in [0.25, 0.3) is 0 Å². The smallest absolute Gasteiger partial charge is 0.410 e. The minimum absolute atomic E-state index is 0.108. The van der Waals surface area contributed by atoms with Crippen LogP contribution in [0.4, 0.5) is 4.79 Å². The summed E-state index contributed by atoms with van der Waals surface area (Å²) in [5.41, 5.74) is -0.484. The van der Waals surface area contributed by atoms with Crippen LogP contribution in [-0.4, -0.2) is 54.3 Å². The Balaban J connectivity index is 2.60. The molecule has 3 atom stereocenters. The summed E-state index contributed by atoms with van der Waals surface area (Å²) in [5.74, 6) is -0.274. The van der Waals surface area contributed by atoms with Crippen molar-refractivity contribution in [1.29, 1.82) is 0 Å². The average Bonchev–Trinajstić information content (AvgIpc) is 2.44. The first-order chi connectivity index (χ1) is 10.6. The first-order valence-corrected chi connectivity index (χ1v) is 8.47. The summed E-state index contributed by atoms with van der Waals surface area (Å²) in [6.45, 7) is 10.2. The van der Waals surface area contributed by atoms with Crippen molar-refractivity contribution in [2.45, 2.75) is 84.0 Å². The third kappa shape index (κ3) is 6.77. The Bertz CT molecular complexity index is 406. The molecular formula is C17H32N2O4. The Morgan fingerprint density at radius 1 is 1.26 bits per heavy atom. The number of amides is 1. The predicted octanol–water partition coefficient (Wildman–Crippen LogP) is 2.71. The van der Waals surface area contributed by atoms with Gasteiger partial charge in [-0.25, -0.2) is 4.79 Å². The molecule has 1 aliphatic heterocycles. The second-order valence-corrected chi connectivity index (χ2v) is 7.37. The molecule has 0 aromatic heterocycles. The minimum Gasteiger partial charge on any atom is -0.468 e. The highest BCUT2D eigenvalue weighted by Gasteiger charge is 2.31.